The molecule has 1 aliphatic rings. The summed E-state index contributed by atoms with van der Waals surface area (Å²) in [5.74, 6) is 0.554. The monoisotopic (exact) mass is 396 g/mol. The van der Waals surface area contributed by atoms with Gasteiger partial charge in [0.2, 0.25) is 0 Å². The number of benzene rings is 2. The Bertz CT molecular complexity index is 844. The Morgan fingerprint density at radius 2 is 2.00 bits per heavy atom. The molecule has 3 rings (SSSR count). The summed E-state index contributed by atoms with van der Waals surface area (Å²) in [6, 6.07) is 14.6. The van der Waals surface area contributed by atoms with Crippen molar-refractivity contribution in [3.05, 3.63) is 59.7 Å². The molecule has 1 saturated heterocycles. The quantitative estimate of drug-likeness (QED) is 0.713. The molecule has 1 fully saturated rings. The maximum absolute atomic E-state index is 12.3. The minimum atomic E-state index is -0.277. The molecule has 0 radical (unpaired) electrons. The van der Waals surface area contributed by atoms with Crippen molar-refractivity contribution in [2.75, 3.05) is 25.1 Å². The van der Waals surface area contributed by atoms with Crippen LogP contribution in [0.1, 0.15) is 48.5 Å². The maximum Gasteiger partial charge on any atom is 0.262 e. The average Bonchev–Trinajstić information content (AvgIpc) is 3.24. The largest absolute Gasteiger partial charge is 0.483 e. The van der Waals surface area contributed by atoms with E-state index < -0.39 is 0 Å². The van der Waals surface area contributed by atoms with Crippen LogP contribution in [0.3, 0.4) is 0 Å². The van der Waals surface area contributed by atoms with Crippen molar-refractivity contribution in [2.24, 2.45) is 0 Å². The van der Waals surface area contributed by atoms with Crippen LogP contribution in [0, 0.1) is 0 Å². The van der Waals surface area contributed by atoms with E-state index in [9.17, 15) is 9.59 Å². The fourth-order valence-corrected chi connectivity index (χ4v) is 3.28. The second-order valence-corrected chi connectivity index (χ2v) is 7.46. The van der Waals surface area contributed by atoms with Gasteiger partial charge in [0.05, 0.1) is 6.10 Å². The number of hydrogen-bond acceptors (Lipinski definition) is 4. The topological polar surface area (TPSA) is 76.7 Å². The van der Waals surface area contributed by atoms with Crippen LogP contribution in [-0.2, 0) is 9.53 Å². The van der Waals surface area contributed by atoms with Crippen molar-refractivity contribution in [3.63, 3.8) is 0 Å². The number of nitrogens with one attached hydrogen (secondary N) is 2. The molecule has 0 bridgehead atoms. The molecule has 0 aliphatic carbocycles. The van der Waals surface area contributed by atoms with Gasteiger partial charge in [0.25, 0.3) is 11.8 Å². The minimum Gasteiger partial charge on any atom is -0.483 e. The van der Waals surface area contributed by atoms with Gasteiger partial charge in [-0.15, -0.1) is 0 Å². The number of carbonyl (C=O) groups excluding carboxylic acids is 2. The lowest BCUT2D eigenvalue weighted by Gasteiger charge is -2.14. The molecule has 0 spiro atoms. The first-order valence-electron chi connectivity index (χ1n) is 10.0. The number of para-hydroxylation sites is 1. The Labute approximate surface area is 171 Å². The Kier molecular flexibility index (Phi) is 7.25. The molecule has 2 aromatic carbocycles. The van der Waals surface area contributed by atoms with Crippen molar-refractivity contribution >= 4 is 17.5 Å². The molecule has 154 valence electrons. The van der Waals surface area contributed by atoms with Gasteiger partial charge >= 0.3 is 0 Å². The molecule has 6 nitrogen and oxygen atoms in total. The van der Waals surface area contributed by atoms with Crippen LogP contribution in [0.5, 0.6) is 5.75 Å². The molecular weight excluding hydrogens is 368 g/mol. The predicted octanol–water partition coefficient (Wildman–Crippen LogP) is 3.74. The predicted molar refractivity (Wildman–Crippen MR) is 112 cm³/mol. The van der Waals surface area contributed by atoms with E-state index in [-0.39, 0.29) is 24.5 Å². The minimum absolute atomic E-state index is 0.0905. The maximum atomic E-state index is 12.3. The molecule has 1 atom stereocenters. The number of hydrogen-bond donors (Lipinski definition) is 2. The first-order chi connectivity index (χ1) is 14.0. The third-order valence-corrected chi connectivity index (χ3v) is 4.82. The molecule has 1 aliphatic heterocycles. The summed E-state index contributed by atoms with van der Waals surface area (Å²) >= 11 is 0. The number of amides is 2. The van der Waals surface area contributed by atoms with Gasteiger partial charge in [-0.05, 0) is 48.6 Å². The third-order valence-electron chi connectivity index (χ3n) is 4.82. The van der Waals surface area contributed by atoms with Gasteiger partial charge in [0.15, 0.2) is 6.61 Å². The summed E-state index contributed by atoms with van der Waals surface area (Å²) < 4.78 is 11.2. The van der Waals surface area contributed by atoms with Crippen molar-refractivity contribution in [2.45, 2.75) is 38.7 Å². The lowest BCUT2D eigenvalue weighted by atomic mass is 10.0. The zero-order valence-electron chi connectivity index (χ0n) is 16.9. The smallest absolute Gasteiger partial charge is 0.262 e. The third kappa shape index (κ3) is 6.06. The van der Waals surface area contributed by atoms with Gasteiger partial charge in [0.1, 0.15) is 5.75 Å². The average molecular weight is 396 g/mol. The molecule has 1 heterocycles. The van der Waals surface area contributed by atoms with Crippen LogP contribution in [0.25, 0.3) is 0 Å². The van der Waals surface area contributed by atoms with Crippen LogP contribution in [0.4, 0.5) is 5.69 Å². The molecule has 0 aromatic heterocycles. The lowest BCUT2D eigenvalue weighted by molar-refractivity contribution is -0.118. The standard InChI is InChI=1S/C23H28N2O4/c1-16(2)20-10-3-4-11-21(20)29-15-22(26)25-18-8-5-7-17(13-18)23(27)24-14-19-9-6-12-28-19/h3-5,7-8,10-11,13,16,19H,6,9,12,14-15H2,1-2H3,(H,24,27)(H,25,26)/t19-/m0/s1. The van der Waals surface area contributed by atoms with E-state index in [0.29, 0.717) is 29.5 Å². The van der Waals surface area contributed by atoms with Crippen LogP contribution >= 0.6 is 0 Å². The van der Waals surface area contributed by atoms with Crippen molar-refractivity contribution < 1.29 is 19.1 Å². The summed E-state index contributed by atoms with van der Waals surface area (Å²) in [5, 5.41) is 5.67. The van der Waals surface area contributed by atoms with E-state index in [1.54, 1.807) is 24.3 Å². The Hall–Kier alpha value is -2.86. The second-order valence-electron chi connectivity index (χ2n) is 7.46. The normalized spacial score (nSPS) is 15.9. The van der Waals surface area contributed by atoms with Gasteiger partial charge in [-0.2, -0.15) is 0 Å². The fraction of sp³-hybridized carbons (Fsp3) is 0.391. The zero-order valence-corrected chi connectivity index (χ0v) is 16.9. The Balaban J connectivity index is 1.53. The van der Waals surface area contributed by atoms with Gasteiger partial charge in [-0.1, -0.05) is 38.1 Å². The van der Waals surface area contributed by atoms with E-state index in [1.165, 1.54) is 0 Å². The zero-order chi connectivity index (χ0) is 20.6. The molecule has 0 saturated carbocycles. The number of rotatable bonds is 8. The molecule has 2 amide bonds. The van der Waals surface area contributed by atoms with E-state index >= 15 is 0 Å². The van der Waals surface area contributed by atoms with Gasteiger partial charge in [0, 0.05) is 24.4 Å². The van der Waals surface area contributed by atoms with E-state index in [4.69, 9.17) is 9.47 Å². The van der Waals surface area contributed by atoms with E-state index in [0.717, 1.165) is 25.0 Å². The number of anilines is 1. The molecule has 2 N–H and O–H groups in total. The summed E-state index contributed by atoms with van der Waals surface area (Å²) in [7, 11) is 0. The Morgan fingerprint density at radius 3 is 2.76 bits per heavy atom. The number of carbonyl (C=O) groups is 2. The first-order valence-corrected chi connectivity index (χ1v) is 10.0. The van der Waals surface area contributed by atoms with Crippen LogP contribution in [0.2, 0.25) is 0 Å². The molecular formula is C23H28N2O4. The van der Waals surface area contributed by atoms with E-state index in [1.807, 2.05) is 24.3 Å². The second kappa shape index (κ2) is 10.1. The molecule has 6 heteroatoms. The first kappa shape index (κ1) is 20.9. The number of ether oxygens (including phenoxy) is 2. The highest BCUT2D eigenvalue weighted by molar-refractivity contribution is 5.97. The highest BCUT2D eigenvalue weighted by Crippen LogP contribution is 2.25. The fourth-order valence-electron chi connectivity index (χ4n) is 3.28. The molecule has 29 heavy (non-hydrogen) atoms. The van der Waals surface area contributed by atoms with Crippen molar-refractivity contribution in [1.82, 2.24) is 5.32 Å². The van der Waals surface area contributed by atoms with Crippen LogP contribution < -0.4 is 15.4 Å². The van der Waals surface area contributed by atoms with Gasteiger partial charge < -0.3 is 20.1 Å². The van der Waals surface area contributed by atoms with Crippen molar-refractivity contribution in [1.29, 1.82) is 0 Å². The van der Waals surface area contributed by atoms with Crippen LogP contribution in [0.15, 0.2) is 48.5 Å². The summed E-state index contributed by atoms with van der Waals surface area (Å²) in [5.41, 5.74) is 2.11. The summed E-state index contributed by atoms with van der Waals surface area (Å²) in [6.07, 6.45) is 2.09. The summed E-state index contributed by atoms with van der Waals surface area (Å²) in [4.78, 5) is 24.6. The Morgan fingerprint density at radius 1 is 1.17 bits per heavy atom. The lowest BCUT2D eigenvalue weighted by Crippen LogP contribution is -2.31. The summed E-state index contributed by atoms with van der Waals surface area (Å²) in [6.45, 7) is 5.32. The molecule has 2 aromatic rings. The van der Waals surface area contributed by atoms with E-state index in [2.05, 4.69) is 24.5 Å². The van der Waals surface area contributed by atoms with Gasteiger partial charge in [-0.3, -0.25) is 9.59 Å². The highest BCUT2D eigenvalue weighted by atomic mass is 16.5. The van der Waals surface area contributed by atoms with Gasteiger partial charge in [-0.25, -0.2) is 0 Å². The highest BCUT2D eigenvalue weighted by Gasteiger charge is 2.17. The molecule has 0 unspecified atom stereocenters. The van der Waals surface area contributed by atoms with Crippen molar-refractivity contribution in [3.8, 4) is 5.75 Å². The SMILES string of the molecule is CC(C)c1ccccc1OCC(=O)Nc1cccc(C(=O)NC[C@@H]2CCCO2)c1. The van der Waals surface area contributed by atoms with Crippen LogP contribution in [-0.4, -0.2) is 37.7 Å².